The van der Waals surface area contributed by atoms with E-state index < -0.39 is 4.92 Å². The van der Waals surface area contributed by atoms with Gasteiger partial charge in [0.15, 0.2) is 0 Å². The van der Waals surface area contributed by atoms with E-state index in [-0.39, 0.29) is 12.3 Å². The van der Waals surface area contributed by atoms with Crippen molar-refractivity contribution in [2.75, 3.05) is 6.61 Å². The fraction of sp³-hybridized carbons (Fsp3) is 0.333. The lowest BCUT2D eigenvalue weighted by molar-refractivity contribution is -0.384. The molecular weight excluding hydrogens is 248 g/mol. The van der Waals surface area contributed by atoms with Crippen LogP contribution >= 0.6 is 0 Å². The van der Waals surface area contributed by atoms with Crippen molar-refractivity contribution in [1.82, 2.24) is 15.0 Å². The molecule has 0 spiro atoms. The highest BCUT2D eigenvalue weighted by Crippen LogP contribution is 2.23. The van der Waals surface area contributed by atoms with Crippen molar-refractivity contribution >= 4 is 5.69 Å². The van der Waals surface area contributed by atoms with Gasteiger partial charge in [-0.1, -0.05) is 11.3 Å². The molecule has 0 aliphatic carbocycles. The summed E-state index contributed by atoms with van der Waals surface area (Å²) in [6.45, 7) is 1.94. The van der Waals surface area contributed by atoms with E-state index in [0.717, 1.165) is 5.56 Å². The third-order valence-electron chi connectivity index (χ3n) is 2.71. The van der Waals surface area contributed by atoms with Gasteiger partial charge in [0.1, 0.15) is 5.69 Å². The van der Waals surface area contributed by atoms with E-state index in [1.807, 2.05) is 6.92 Å². The molecule has 2 aromatic rings. The molecule has 1 heterocycles. The number of rotatable bonds is 5. The molecule has 0 unspecified atom stereocenters. The zero-order valence-corrected chi connectivity index (χ0v) is 10.5. The number of hydrogen-bond acceptors (Lipinski definition) is 5. The molecule has 1 N–H and O–H groups in total. The van der Waals surface area contributed by atoms with Crippen LogP contribution in [0.15, 0.2) is 24.4 Å². The quantitative estimate of drug-likeness (QED) is 0.649. The molecule has 100 valence electrons. The van der Waals surface area contributed by atoms with Crippen LogP contribution in [0.4, 0.5) is 5.69 Å². The molecule has 0 radical (unpaired) electrons. The Morgan fingerprint density at radius 2 is 2.26 bits per heavy atom. The molecule has 0 amide bonds. The molecule has 1 aromatic carbocycles. The van der Waals surface area contributed by atoms with Gasteiger partial charge in [-0.05, 0) is 31.4 Å². The van der Waals surface area contributed by atoms with Crippen LogP contribution in [0.3, 0.4) is 0 Å². The van der Waals surface area contributed by atoms with Gasteiger partial charge in [-0.25, -0.2) is 4.68 Å². The van der Waals surface area contributed by atoms with Crippen molar-refractivity contribution in [3.8, 4) is 5.69 Å². The number of aromatic nitrogens is 3. The lowest BCUT2D eigenvalue weighted by Crippen LogP contribution is -2.01. The van der Waals surface area contributed by atoms with Gasteiger partial charge in [0.2, 0.25) is 0 Å². The van der Waals surface area contributed by atoms with Gasteiger partial charge in [0.25, 0.3) is 5.69 Å². The highest BCUT2D eigenvalue weighted by molar-refractivity contribution is 5.53. The van der Waals surface area contributed by atoms with Crippen molar-refractivity contribution in [3.05, 3.63) is 45.8 Å². The minimum absolute atomic E-state index is 0.00999. The molecular formula is C12H14N4O3. The number of aliphatic hydroxyl groups excluding tert-OH is 1. The van der Waals surface area contributed by atoms with Crippen LogP contribution in [-0.2, 0) is 6.42 Å². The fourth-order valence-corrected chi connectivity index (χ4v) is 1.76. The van der Waals surface area contributed by atoms with Crippen molar-refractivity contribution < 1.29 is 10.0 Å². The number of nitrogens with zero attached hydrogens (tertiary/aromatic N) is 4. The molecule has 2 rings (SSSR count). The minimum atomic E-state index is -0.441. The highest BCUT2D eigenvalue weighted by atomic mass is 16.6. The predicted molar refractivity (Wildman–Crippen MR) is 68.2 cm³/mol. The second-order valence-electron chi connectivity index (χ2n) is 4.23. The van der Waals surface area contributed by atoms with Crippen molar-refractivity contribution in [2.45, 2.75) is 19.8 Å². The van der Waals surface area contributed by atoms with Crippen molar-refractivity contribution in [1.29, 1.82) is 0 Å². The van der Waals surface area contributed by atoms with Crippen LogP contribution in [0.25, 0.3) is 5.69 Å². The monoisotopic (exact) mass is 262 g/mol. The van der Waals surface area contributed by atoms with E-state index in [2.05, 4.69) is 10.3 Å². The number of benzene rings is 1. The summed E-state index contributed by atoms with van der Waals surface area (Å²) in [6, 6.07) is 4.84. The molecule has 7 nitrogen and oxygen atoms in total. The molecule has 7 heteroatoms. The van der Waals surface area contributed by atoms with Gasteiger partial charge in [-0.3, -0.25) is 10.1 Å². The number of aryl methyl sites for hydroxylation is 2. The number of hydrogen-bond donors (Lipinski definition) is 1. The summed E-state index contributed by atoms with van der Waals surface area (Å²) in [7, 11) is 0. The standard InChI is InChI=1S/C12H14N4O3/c1-9-4-5-11(16(18)19)12(7-9)15-8-10(13-14-15)3-2-6-17/h4-5,7-8,17H,2-3,6H2,1H3. The van der Waals surface area contributed by atoms with Gasteiger partial charge in [-0.2, -0.15) is 0 Å². The van der Waals surface area contributed by atoms with E-state index in [0.29, 0.717) is 24.2 Å². The molecule has 0 aliphatic heterocycles. The molecule has 0 bridgehead atoms. The number of nitro benzene ring substituents is 1. The SMILES string of the molecule is Cc1ccc([N+](=O)[O-])c(-n2cc(CCCO)nn2)c1. The first kappa shape index (κ1) is 13.2. The highest BCUT2D eigenvalue weighted by Gasteiger charge is 2.16. The zero-order valence-electron chi connectivity index (χ0n) is 10.5. The second kappa shape index (κ2) is 5.57. The molecule has 0 fully saturated rings. The summed E-state index contributed by atoms with van der Waals surface area (Å²) in [4.78, 5) is 10.6. The van der Waals surface area contributed by atoms with Gasteiger partial charge >= 0.3 is 0 Å². The smallest absolute Gasteiger partial charge is 0.294 e. The number of nitro groups is 1. The normalized spacial score (nSPS) is 10.6. The lowest BCUT2D eigenvalue weighted by Gasteiger charge is -2.02. The topological polar surface area (TPSA) is 94.1 Å². The van der Waals surface area contributed by atoms with Crippen LogP contribution in [0.5, 0.6) is 0 Å². The Hall–Kier alpha value is -2.28. The van der Waals surface area contributed by atoms with Gasteiger partial charge in [-0.15, -0.1) is 5.10 Å². The van der Waals surface area contributed by atoms with E-state index >= 15 is 0 Å². The summed E-state index contributed by atoms with van der Waals surface area (Å²) in [5, 5.41) is 27.6. The van der Waals surface area contributed by atoms with E-state index in [1.165, 1.54) is 10.7 Å². The van der Waals surface area contributed by atoms with Gasteiger partial charge in [0.05, 0.1) is 16.8 Å². The molecule has 0 atom stereocenters. The average molecular weight is 262 g/mol. The Morgan fingerprint density at radius 3 is 2.95 bits per heavy atom. The first-order valence-electron chi connectivity index (χ1n) is 5.89. The van der Waals surface area contributed by atoms with Crippen molar-refractivity contribution in [2.24, 2.45) is 0 Å². The maximum Gasteiger partial charge on any atom is 0.294 e. The molecule has 0 saturated carbocycles. The Morgan fingerprint density at radius 1 is 1.47 bits per heavy atom. The largest absolute Gasteiger partial charge is 0.396 e. The molecule has 1 aromatic heterocycles. The van der Waals surface area contributed by atoms with Crippen LogP contribution in [0.1, 0.15) is 17.7 Å². The van der Waals surface area contributed by atoms with Crippen molar-refractivity contribution in [3.63, 3.8) is 0 Å². The third-order valence-corrected chi connectivity index (χ3v) is 2.71. The minimum Gasteiger partial charge on any atom is -0.396 e. The van der Waals surface area contributed by atoms with Gasteiger partial charge in [0, 0.05) is 12.7 Å². The maximum atomic E-state index is 11.0. The van der Waals surface area contributed by atoms with Crippen LogP contribution in [0, 0.1) is 17.0 Å². The number of aliphatic hydroxyl groups is 1. The summed E-state index contributed by atoms with van der Waals surface area (Å²) in [5.41, 5.74) is 2.00. The summed E-state index contributed by atoms with van der Waals surface area (Å²) >= 11 is 0. The third kappa shape index (κ3) is 2.94. The Labute approximate surface area is 109 Å². The van der Waals surface area contributed by atoms with E-state index in [4.69, 9.17) is 5.11 Å². The average Bonchev–Trinajstić information content (AvgIpc) is 2.84. The molecule has 19 heavy (non-hydrogen) atoms. The maximum absolute atomic E-state index is 11.0. The van der Waals surface area contributed by atoms with Gasteiger partial charge < -0.3 is 5.11 Å². The van der Waals surface area contributed by atoms with E-state index in [9.17, 15) is 10.1 Å². The molecule has 0 aliphatic rings. The summed E-state index contributed by atoms with van der Waals surface area (Å²) in [5.74, 6) is 0. The Kier molecular flexibility index (Phi) is 3.86. The van der Waals surface area contributed by atoms with Crippen LogP contribution in [-0.4, -0.2) is 31.6 Å². The summed E-state index contributed by atoms with van der Waals surface area (Å²) in [6.07, 6.45) is 2.84. The first-order valence-corrected chi connectivity index (χ1v) is 5.89. The summed E-state index contributed by atoms with van der Waals surface area (Å²) < 4.78 is 1.40. The molecule has 0 saturated heterocycles. The zero-order chi connectivity index (χ0) is 13.8. The van der Waals surface area contributed by atoms with Crippen LogP contribution in [0.2, 0.25) is 0 Å². The Bertz CT molecular complexity index is 594. The van der Waals surface area contributed by atoms with Crippen LogP contribution < -0.4 is 0 Å². The lowest BCUT2D eigenvalue weighted by atomic mass is 10.2. The Balaban J connectivity index is 2.37. The first-order chi connectivity index (χ1) is 9.11. The van der Waals surface area contributed by atoms with E-state index in [1.54, 1.807) is 18.3 Å². The second-order valence-corrected chi connectivity index (χ2v) is 4.23. The fourth-order valence-electron chi connectivity index (χ4n) is 1.76. The predicted octanol–water partition coefficient (Wildman–Crippen LogP) is 1.41.